The van der Waals surface area contributed by atoms with Gasteiger partial charge in [-0.25, -0.2) is 0 Å². The molecule has 0 saturated carbocycles. The van der Waals surface area contributed by atoms with Gasteiger partial charge in [0.25, 0.3) is 0 Å². The number of nitrogens with zero attached hydrogens (tertiary/aromatic N) is 1. The Bertz CT molecular complexity index is 1310. The maximum absolute atomic E-state index is 13.1. The minimum Gasteiger partial charge on any atom is -0.495 e. The predicted molar refractivity (Wildman–Crippen MR) is 121 cm³/mol. The average molecular weight is 414 g/mol. The Balaban J connectivity index is 1.45. The molecule has 1 saturated heterocycles. The molecule has 1 aliphatic heterocycles. The molecule has 2 amide bonds. The van der Waals surface area contributed by atoms with E-state index in [1.54, 1.807) is 12.0 Å². The molecule has 0 bridgehead atoms. The minimum absolute atomic E-state index is 0.238. The summed E-state index contributed by atoms with van der Waals surface area (Å²) in [5.41, 5.74) is 3.86. The van der Waals surface area contributed by atoms with E-state index in [9.17, 15) is 9.59 Å². The number of hydrogen-bond donors (Lipinski definition) is 1. The Morgan fingerprint density at radius 3 is 2.61 bits per heavy atom. The van der Waals surface area contributed by atoms with E-state index in [-0.39, 0.29) is 11.8 Å². The second-order valence-electron chi connectivity index (χ2n) is 7.80. The number of methoxy groups -OCH3 is 1. The van der Waals surface area contributed by atoms with Gasteiger partial charge in [0.1, 0.15) is 22.8 Å². The highest BCUT2D eigenvalue weighted by Crippen LogP contribution is 2.40. The van der Waals surface area contributed by atoms with Crippen LogP contribution in [0.25, 0.3) is 21.9 Å². The van der Waals surface area contributed by atoms with Crippen molar-refractivity contribution in [2.45, 2.75) is 13.3 Å². The Kier molecular flexibility index (Phi) is 4.62. The van der Waals surface area contributed by atoms with Crippen LogP contribution in [0, 0.1) is 12.8 Å². The molecule has 6 nitrogen and oxygen atoms in total. The fraction of sp³-hybridized carbons (Fsp3) is 0.200. The molecule has 1 unspecified atom stereocenters. The highest BCUT2D eigenvalue weighted by Gasteiger charge is 2.39. The van der Waals surface area contributed by atoms with Gasteiger partial charge in [0, 0.05) is 29.1 Å². The van der Waals surface area contributed by atoms with Gasteiger partial charge in [0.2, 0.25) is 11.8 Å². The van der Waals surface area contributed by atoms with Gasteiger partial charge in [0.15, 0.2) is 0 Å². The third-order valence-corrected chi connectivity index (χ3v) is 5.81. The van der Waals surface area contributed by atoms with Crippen LogP contribution in [-0.4, -0.2) is 25.5 Å². The first-order chi connectivity index (χ1) is 15.0. The van der Waals surface area contributed by atoms with Crippen LogP contribution in [0.1, 0.15) is 12.0 Å². The third kappa shape index (κ3) is 3.30. The molecule has 1 aliphatic rings. The van der Waals surface area contributed by atoms with Gasteiger partial charge in [0.05, 0.1) is 12.8 Å². The number of carbonyl (C=O) groups excluding carboxylic acids is 2. The van der Waals surface area contributed by atoms with E-state index in [1.807, 2.05) is 67.6 Å². The van der Waals surface area contributed by atoms with Crippen LogP contribution < -0.4 is 15.0 Å². The number of aryl methyl sites for hydroxylation is 1. The van der Waals surface area contributed by atoms with Gasteiger partial charge in [-0.3, -0.25) is 9.59 Å². The van der Waals surface area contributed by atoms with Crippen LogP contribution in [0.2, 0.25) is 0 Å². The van der Waals surface area contributed by atoms with Crippen LogP contribution in [-0.2, 0) is 9.59 Å². The minimum atomic E-state index is -0.739. The summed E-state index contributed by atoms with van der Waals surface area (Å²) in [7, 11) is 1.58. The van der Waals surface area contributed by atoms with E-state index in [0.29, 0.717) is 35.7 Å². The maximum Gasteiger partial charge on any atom is 0.239 e. The number of carbonyl (C=O) groups is 2. The molecular formula is C25H22N2O4. The Morgan fingerprint density at radius 2 is 1.84 bits per heavy atom. The van der Waals surface area contributed by atoms with Gasteiger partial charge in [-0.05, 0) is 37.6 Å². The summed E-state index contributed by atoms with van der Waals surface area (Å²) in [5.74, 6) is -0.692. The molecule has 1 aromatic heterocycles. The lowest BCUT2D eigenvalue weighted by Crippen LogP contribution is -2.33. The van der Waals surface area contributed by atoms with Crippen molar-refractivity contribution in [2.75, 3.05) is 23.9 Å². The Hall–Kier alpha value is -3.80. The smallest absolute Gasteiger partial charge is 0.239 e. The highest BCUT2D eigenvalue weighted by molar-refractivity contribution is 6.15. The number of ether oxygens (including phenoxy) is 1. The van der Waals surface area contributed by atoms with E-state index in [0.717, 1.165) is 21.9 Å². The zero-order valence-corrected chi connectivity index (χ0v) is 17.3. The number of rotatable bonds is 4. The topological polar surface area (TPSA) is 71.8 Å². The average Bonchev–Trinajstić information content (AvgIpc) is 3.34. The molecule has 31 heavy (non-hydrogen) atoms. The molecule has 0 aliphatic carbocycles. The molecule has 0 radical (unpaired) electrons. The van der Waals surface area contributed by atoms with E-state index in [1.165, 1.54) is 0 Å². The van der Waals surface area contributed by atoms with E-state index >= 15 is 0 Å². The molecule has 3 aromatic carbocycles. The van der Waals surface area contributed by atoms with E-state index in [2.05, 4.69) is 5.32 Å². The molecule has 2 heterocycles. The van der Waals surface area contributed by atoms with Crippen molar-refractivity contribution >= 4 is 45.1 Å². The van der Waals surface area contributed by atoms with Gasteiger partial charge < -0.3 is 19.4 Å². The molecule has 5 rings (SSSR count). The number of nitrogens with one attached hydrogen (secondary N) is 1. The molecule has 156 valence electrons. The molecular weight excluding hydrogens is 392 g/mol. The lowest BCUT2D eigenvalue weighted by atomic mass is 10.1. The number of furan rings is 1. The highest BCUT2D eigenvalue weighted by atomic mass is 16.5. The van der Waals surface area contributed by atoms with Crippen LogP contribution in [0.5, 0.6) is 5.75 Å². The summed E-state index contributed by atoms with van der Waals surface area (Å²) in [4.78, 5) is 27.5. The Labute approximate surface area is 179 Å². The predicted octanol–water partition coefficient (Wildman–Crippen LogP) is 4.89. The fourth-order valence-electron chi connectivity index (χ4n) is 4.14. The first-order valence-electron chi connectivity index (χ1n) is 10.2. The van der Waals surface area contributed by atoms with Crippen LogP contribution >= 0.6 is 0 Å². The number of benzene rings is 3. The molecule has 1 atom stereocenters. The molecule has 0 spiro atoms. The standard InChI is InChI=1S/C25H22N2O4/c1-15-7-9-16(10-8-15)26-24(28)18-11-12-27(25(18)29)20-14-22-19(13-23(20)30-2)17-5-3-4-6-21(17)31-22/h3-10,13-14,18H,11-12H2,1-2H3,(H,26,28). The van der Waals surface area contributed by atoms with Crippen molar-refractivity contribution in [3.63, 3.8) is 0 Å². The summed E-state index contributed by atoms with van der Waals surface area (Å²) in [6, 6.07) is 19.0. The number of fused-ring (bicyclic) bond motifs is 3. The number of amides is 2. The Morgan fingerprint density at radius 1 is 1.06 bits per heavy atom. The molecule has 1 N–H and O–H groups in total. The SMILES string of the molecule is COc1cc2c(cc1N1CCC(C(=O)Nc3ccc(C)cc3)C1=O)oc1ccccc12. The second-order valence-corrected chi connectivity index (χ2v) is 7.80. The quantitative estimate of drug-likeness (QED) is 0.483. The molecule has 6 heteroatoms. The van der Waals surface area contributed by atoms with Crippen LogP contribution in [0.3, 0.4) is 0 Å². The first-order valence-corrected chi connectivity index (χ1v) is 10.2. The van der Waals surface area contributed by atoms with E-state index in [4.69, 9.17) is 9.15 Å². The summed E-state index contributed by atoms with van der Waals surface area (Å²) in [5, 5.41) is 4.77. The lowest BCUT2D eigenvalue weighted by Gasteiger charge is -2.19. The summed E-state index contributed by atoms with van der Waals surface area (Å²) in [6.45, 7) is 2.42. The van der Waals surface area contributed by atoms with Crippen molar-refractivity contribution in [1.82, 2.24) is 0 Å². The number of anilines is 2. The number of para-hydroxylation sites is 1. The van der Waals surface area contributed by atoms with Crippen LogP contribution in [0.15, 0.2) is 65.1 Å². The summed E-state index contributed by atoms with van der Waals surface area (Å²) >= 11 is 0. The second kappa shape index (κ2) is 7.47. The van der Waals surface area contributed by atoms with Crippen molar-refractivity contribution in [3.05, 3.63) is 66.2 Å². The van der Waals surface area contributed by atoms with Crippen molar-refractivity contribution < 1.29 is 18.7 Å². The van der Waals surface area contributed by atoms with Crippen LogP contribution in [0.4, 0.5) is 11.4 Å². The zero-order chi connectivity index (χ0) is 21.5. The third-order valence-electron chi connectivity index (χ3n) is 5.81. The van der Waals surface area contributed by atoms with Gasteiger partial charge in [-0.1, -0.05) is 35.9 Å². The van der Waals surface area contributed by atoms with Gasteiger partial charge >= 0.3 is 0 Å². The van der Waals surface area contributed by atoms with Crippen molar-refractivity contribution in [1.29, 1.82) is 0 Å². The number of hydrogen-bond acceptors (Lipinski definition) is 4. The largest absolute Gasteiger partial charge is 0.495 e. The zero-order valence-electron chi connectivity index (χ0n) is 17.3. The fourth-order valence-corrected chi connectivity index (χ4v) is 4.14. The van der Waals surface area contributed by atoms with E-state index < -0.39 is 5.92 Å². The maximum atomic E-state index is 13.1. The lowest BCUT2D eigenvalue weighted by molar-refractivity contribution is -0.129. The first kappa shape index (κ1) is 19.2. The summed E-state index contributed by atoms with van der Waals surface area (Å²) < 4.78 is 11.6. The molecule has 4 aromatic rings. The monoisotopic (exact) mass is 414 g/mol. The molecule has 1 fully saturated rings. The van der Waals surface area contributed by atoms with Crippen molar-refractivity contribution in [3.8, 4) is 5.75 Å². The summed E-state index contributed by atoms with van der Waals surface area (Å²) in [6.07, 6.45) is 0.442. The van der Waals surface area contributed by atoms with Gasteiger partial charge in [-0.2, -0.15) is 0 Å². The van der Waals surface area contributed by atoms with Gasteiger partial charge in [-0.15, -0.1) is 0 Å². The van der Waals surface area contributed by atoms with Crippen molar-refractivity contribution in [2.24, 2.45) is 5.92 Å². The normalized spacial score (nSPS) is 16.3.